The lowest BCUT2D eigenvalue weighted by molar-refractivity contribution is -0.137. The van der Waals surface area contributed by atoms with E-state index >= 15 is 0 Å². The lowest BCUT2D eigenvalue weighted by Crippen LogP contribution is -2.30. The predicted molar refractivity (Wildman–Crippen MR) is 133 cm³/mol. The van der Waals surface area contributed by atoms with E-state index in [1.807, 2.05) is 13.0 Å². The summed E-state index contributed by atoms with van der Waals surface area (Å²) in [6, 6.07) is 16.1. The number of carbonyl (C=O) groups excluding carboxylic acids is 2. The van der Waals surface area contributed by atoms with E-state index < -0.39 is 17.6 Å². The number of nitrogens with two attached hydrogens (primary N) is 2. The molecule has 2 heterocycles. The van der Waals surface area contributed by atoms with Gasteiger partial charge in [0.25, 0.3) is 5.91 Å². The zero-order valence-corrected chi connectivity index (χ0v) is 19.9. The van der Waals surface area contributed by atoms with E-state index in [-0.39, 0.29) is 25.4 Å². The van der Waals surface area contributed by atoms with E-state index in [9.17, 15) is 22.8 Å². The number of nitrogens with zero attached hydrogens (tertiary/aromatic N) is 3. The molecule has 10 heteroatoms. The molecule has 37 heavy (non-hydrogen) atoms. The number of amides is 2. The zero-order valence-electron chi connectivity index (χ0n) is 19.9. The lowest BCUT2D eigenvalue weighted by atomic mass is 10.1. The molecule has 0 fully saturated rings. The smallest absolute Gasteiger partial charge is 0.383 e. The number of rotatable bonds is 7. The van der Waals surface area contributed by atoms with E-state index in [0.717, 1.165) is 34.3 Å². The van der Waals surface area contributed by atoms with Crippen molar-refractivity contribution in [3.8, 4) is 0 Å². The number of nitrogen functional groups attached to an aromatic ring is 1. The maximum Gasteiger partial charge on any atom is 0.417 e. The van der Waals surface area contributed by atoms with Gasteiger partial charge in [0.15, 0.2) is 0 Å². The predicted octanol–water partition coefficient (Wildman–Crippen LogP) is 4.41. The quantitative estimate of drug-likeness (QED) is 0.385. The topological polar surface area (TPSA) is 115 Å². The molecule has 0 radical (unpaired) electrons. The Kier molecular flexibility index (Phi) is 7.10. The van der Waals surface area contributed by atoms with Gasteiger partial charge in [0, 0.05) is 23.7 Å². The van der Waals surface area contributed by atoms with Crippen molar-refractivity contribution in [3.63, 3.8) is 0 Å². The minimum absolute atomic E-state index is 0.0168. The second-order valence-electron chi connectivity index (χ2n) is 8.75. The molecule has 4 rings (SSSR count). The van der Waals surface area contributed by atoms with Crippen LogP contribution in [-0.2, 0) is 30.5 Å². The Hall–Kier alpha value is -4.47. The minimum atomic E-state index is -4.51. The highest BCUT2D eigenvalue weighted by Gasteiger charge is 2.30. The molecule has 2 aromatic heterocycles. The molecule has 0 saturated carbocycles. The molecule has 0 aliphatic carbocycles. The second kappa shape index (κ2) is 10.3. The van der Waals surface area contributed by atoms with Crippen molar-refractivity contribution in [2.45, 2.75) is 32.6 Å². The van der Waals surface area contributed by atoms with Gasteiger partial charge in [-0.2, -0.15) is 13.2 Å². The number of alkyl halides is 3. The third-order valence-electron chi connectivity index (χ3n) is 5.86. The molecule has 190 valence electrons. The summed E-state index contributed by atoms with van der Waals surface area (Å²) in [7, 11) is 0. The molecule has 0 unspecified atom stereocenters. The van der Waals surface area contributed by atoms with Gasteiger partial charge < -0.3 is 16.4 Å². The lowest BCUT2D eigenvalue weighted by Gasteiger charge is -2.23. The number of benzene rings is 2. The Morgan fingerprint density at radius 2 is 1.65 bits per heavy atom. The molecule has 0 spiro atoms. The van der Waals surface area contributed by atoms with Gasteiger partial charge in [0.1, 0.15) is 5.82 Å². The van der Waals surface area contributed by atoms with Gasteiger partial charge in [0.05, 0.1) is 29.7 Å². The van der Waals surface area contributed by atoms with Crippen LogP contribution in [0.5, 0.6) is 0 Å². The highest BCUT2D eigenvalue weighted by atomic mass is 19.4. The standard InChI is InChI=1S/C27H24F3N5O2/c1-16-10-20-12-19(6-9-23(20)34-25(16)32)26(37)35(14-18-4-2-17(3-5-18)11-24(31)36)15-22-8-7-21(13-33-22)27(28,29)30/h2-10,12-13H,11,14-15H2,1H3,(H2,31,36)(H2,32,34). The Labute approximate surface area is 210 Å². The van der Waals surface area contributed by atoms with Crippen LogP contribution in [0.25, 0.3) is 10.9 Å². The fourth-order valence-electron chi connectivity index (χ4n) is 3.88. The summed E-state index contributed by atoms with van der Waals surface area (Å²) in [4.78, 5) is 34.5. The summed E-state index contributed by atoms with van der Waals surface area (Å²) in [5.41, 5.74) is 13.9. The summed E-state index contributed by atoms with van der Waals surface area (Å²) < 4.78 is 38.9. The maximum atomic E-state index is 13.6. The number of aryl methyl sites for hydroxylation is 1. The van der Waals surface area contributed by atoms with E-state index in [1.54, 1.807) is 42.5 Å². The number of aromatic nitrogens is 2. The molecule has 2 amide bonds. The summed E-state index contributed by atoms with van der Waals surface area (Å²) in [5.74, 6) is -0.388. The van der Waals surface area contributed by atoms with Crippen molar-refractivity contribution in [2.75, 3.05) is 5.73 Å². The number of pyridine rings is 2. The maximum absolute atomic E-state index is 13.6. The van der Waals surface area contributed by atoms with Crippen molar-refractivity contribution >= 4 is 28.5 Å². The molecule has 4 aromatic rings. The number of hydrogen-bond acceptors (Lipinski definition) is 5. The first-order valence-corrected chi connectivity index (χ1v) is 11.3. The minimum Gasteiger partial charge on any atom is -0.383 e. The van der Waals surface area contributed by atoms with Gasteiger partial charge in [-0.3, -0.25) is 14.6 Å². The van der Waals surface area contributed by atoms with Crippen LogP contribution in [0.1, 0.15) is 38.3 Å². The van der Waals surface area contributed by atoms with Crippen LogP contribution in [-0.4, -0.2) is 26.7 Å². The fourth-order valence-corrected chi connectivity index (χ4v) is 3.88. The van der Waals surface area contributed by atoms with Crippen molar-refractivity contribution in [1.29, 1.82) is 0 Å². The van der Waals surface area contributed by atoms with Crippen LogP contribution >= 0.6 is 0 Å². The molecule has 7 nitrogen and oxygen atoms in total. The number of halogens is 3. The first-order chi connectivity index (χ1) is 17.5. The van der Waals surface area contributed by atoms with Crippen molar-refractivity contribution in [1.82, 2.24) is 14.9 Å². The van der Waals surface area contributed by atoms with Gasteiger partial charge >= 0.3 is 6.18 Å². The number of fused-ring (bicyclic) bond motifs is 1. The molecule has 4 N–H and O–H groups in total. The van der Waals surface area contributed by atoms with Gasteiger partial charge in [-0.05, 0) is 60.0 Å². The van der Waals surface area contributed by atoms with E-state index in [2.05, 4.69) is 9.97 Å². The van der Waals surface area contributed by atoms with Crippen LogP contribution in [0.3, 0.4) is 0 Å². The number of primary amides is 1. The van der Waals surface area contributed by atoms with Gasteiger partial charge in [-0.15, -0.1) is 0 Å². The Bertz CT molecular complexity index is 1450. The SMILES string of the molecule is Cc1cc2cc(C(=O)N(Cc3ccc(CC(N)=O)cc3)Cc3ccc(C(F)(F)F)cn3)ccc2nc1N. The molecule has 0 aliphatic heterocycles. The molecule has 2 aromatic carbocycles. The molecule has 0 bridgehead atoms. The van der Waals surface area contributed by atoms with E-state index in [4.69, 9.17) is 11.5 Å². The Balaban J connectivity index is 1.65. The summed E-state index contributed by atoms with van der Waals surface area (Å²) >= 11 is 0. The monoisotopic (exact) mass is 507 g/mol. The van der Waals surface area contributed by atoms with Crippen LogP contribution in [0.2, 0.25) is 0 Å². The average Bonchev–Trinajstić information content (AvgIpc) is 2.84. The molecule has 0 saturated heterocycles. The Morgan fingerprint density at radius 3 is 2.27 bits per heavy atom. The highest BCUT2D eigenvalue weighted by Crippen LogP contribution is 2.28. The largest absolute Gasteiger partial charge is 0.417 e. The van der Waals surface area contributed by atoms with Gasteiger partial charge in [0.2, 0.25) is 5.91 Å². The average molecular weight is 508 g/mol. The third-order valence-corrected chi connectivity index (χ3v) is 5.86. The van der Waals surface area contributed by atoms with Gasteiger partial charge in [-0.25, -0.2) is 4.98 Å². The van der Waals surface area contributed by atoms with Crippen LogP contribution in [0.4, 0.5) is 19.0 Å². The summed E-state index contributed by atoms with van der Waals surface area (Å²) in [6.07, 6.45) is -3.66. The van der Waals surface area contributed by atoms with Crippen LogP contribution in [0.15, 0.2) is 66.9 Å². The zero-order chi connectivity index (χ0) is 26.7. The normalized spacial score (nSPS) is 11.5. The van der Waals surface area contributed by atoms with Crippen molar-refractivity contribution in [3.05, 3.63) is 100 Å². The fraction of sp³-hybridized carbons (Fsp3) is 0.185. The second-order valence-corrected chi connectivity index (χ2v) is 8.75. The highest BCUT2D eigenvalue weighted by molar-refractivity contribution is 5.98. The number of carbonyl (C=O) groups is 2. The summed E-state index contributed by atoms with van der Waals surface area (Å²) in [5, 5.41) is 0.737. The first kappa shape index (κ1) is 25.6. The van der Waals surface area contributed by atoms with E-state index in [0.29, 0.717) is 22.6 Å². The molecule has 0 aliphatic rings. The summed E-state index contributed by atoms with van der Waals surface area (Å²) in [6.45, 7) is 1.97. The van der Waals surface area contributed by atoms with Crippen LogP contribution in [0, 0.1) is 6.92 Å². The third kappa shape index (κ3) is 6.21. The number of anilines is 1. The van der Waals surface area contributed by atoms with Gasteiger partial charge in [-0.1, -0.05) is 24.3 Å². The van der Waals surface area contributed by atoms with Crippen molar-refractivity contribution in [2.24, 2.45) is 5.73 Å². The number of hydrogen-bond donors (Lipinski definition) is 2. The molecule has 0 atom stereocenters. The first-order valence-electron chi connectivity index (χ1n) is 11.3. The van der Waals surface area contributed by atoms with E-state index in [1.165, 1.54) is 11.0 Å². The molecular formula is C27H24F3N5O2. The Morgan fingerprint density at radius 1 is 0.946 bits per heavy atom. The van der Waals surface area contributed by atoms with Crippen LogP contribution < -0.4 is 11.5 Å². The van der Waals surface area contributed by atoms with Crippen molar-refractivity contribution < 1.29 is 22.8 Å². The molecular weight excluding hydrogens is 483 g/mol.